The van der Waals surface area contributed by atoms with E-state index in [9.17, 15) is 22.4 Å². The third-order valence-electron chi connectivity index (χ3n) is 5.38. The first-order chi connectivity index (χ1) is 17.1. The van der Waals surface area contributed by atoms with Crippen molar-refractivity contribution >= 4 is 17.3 Å². The van der Waals surface area contributed by atoms with Crippen molar-refractivity contribution < 1.29 is 31.8 Å². The molecule has 0 fully saturated rings. The van der Waals surface area contributed by atoms with E-state index in [1.54, 1.807) is 6.08 Å². The number of nitrogens with zero attached hydrogens (tertiary/aromatic N) is 3. The van der Waals surface area contributed by atoms with Crippen molar-refractivity contribution in [3.63, 3.8) is 0 Å². The molecule has 3 N–H and O–H groups in total. The normalized spacial score (nSPS) is 17.2. The maximum Gasteiger partial charge on any atom is 0.573 e. The second kappa shape index (κ2) is 10.2. The number of amides is 1. The molecule has 2 aromatic rings. The Bertz CT molecular complexity index is 1300. The minimum atomic E-state index is -4.93. The number of hydrogen-bond acceptors (Lipinski definition) is 7. The summed E-state index contributed by atoms with van der Waals surface area (Å²) in [6.45, 7) is -0.399. The van der Waals surface area contributed by atoms with E-state index in [0.717, 1.165) is 23.9 Å². The first kappa shape index (κ1) is 24.9. The molecule has 1 amide bonds. The summed E-state index contributed by atoms with van der Waals surface area (Å²) >= 11 is 0. The van der Waals surface area contributed by atoms with Crippen LogP contribution >= 0.6 is 0 Å². The lowest BCUT2D eigenvalue weighted by atomic mass is 10.00. The molecular weight excluding hydrogens is 482 g/mol. The zero-order valence-electron chi connectivity index (χ0n) is 19.0. The van der Waals surface area contributed by atoms with Gasteiger partial charge in [-0.15, -0.1) is 13.2 Å². The van der Waals surface area contributed by atoms with E-state index in [0.29, 0.717) is 29.9 Å². The second-order valence-corrected chi connectivity index (χ2v) is 7.87. The lowest BCUT2D eigenvalue weighted by molar-refractivity contribution is -0.274. The number of dihydropyridines is 1. The van der Waals surface area contributed by atoms with Gasteiger partial charge in [-0.2, -0.15) is 0 Å². The van der Waals surface area contributed by atoms with Crippen LogP contribution in [-0.2, 0) is 6.54 Å². The van der Waals surface area contributed by atoms with Crippen LogP contribution in [0.4, 0.5) is 17.6 Å². The smallest absolute Gasteiger partial charge is 0.480 e. The zero-order chi connectivity index (χ0) is 25.9. The van der Waals surface area contributed by atoms with E-state index >= 15 is 0 Å². The summed E-state index contributed by atoms with van der Waals surface area (Å²) in [7, 11) is 1.33. The lowest BCUT2D eigenvalue weighted by Crippen LogP contribution is -2.25. The summed E-state index contributed by atoms with van der Waals surface area (Å²) in [5, 5.41) is 2.48. The molecule has 0 radical (unpaired) electrons. The Kier molecular flexibility index (Phi) is 7.04. The number of aromatic nitrogens is 1. The van der Waals surface area contributed by atoms with E-state index in [4.69, 9.17) is 15.5 Å². The van der Waals surface area contributed by atoms with Gasteiger partial charge in [-0.25, -0.2) is 14.4 Å². The quantitative estimate of drug-likeness (QED) is 0.583. The molecular formula is C24H21F4N5O3. The highest BCUT2D eigenvalue weighted by atomic mass is 19.4. The van der Waals surface area contributed by atoms with Gasteiger partial charge >= 0.3 is 6.36 Å². The standard InChI is InChI=1S/C24H21F4N5O3/c1-35-23-16(22(34)30-11-13-9-15(5-6-17(13)25)36-24(26,27)28)10-14(12-31-23)18-7-8-20-19(32-18)3-2-4-21(29)33-20/h4-10,12,19H,2-3,11,29H2,1H3,(H,30,34). The summed E-state index contributed by atoms with van der Waals surface area (Å²) in [5.41, 5.74) is 7.53. The largest absolute Gasteiger partial charge is 0.573 e. The molecule has 0 saturated carbocycles. The van der Waals surface area contributed by atoms with Gasteiger partial charge in [-0.05, 0) is 55.3 Å². The number of carbonyl (C=O) groups excluding carboxylic acids is 1. The van der Waals surface area contributed by atoms with Crippen LogP contribution in [0.2, 0.25) is 0 Å². The lowest BCUT2D eigenvalue weighted by Gasteiger charge is -2.17. The Labute approximate surface area is 203 Å². The van der Waals surface area contributed by atoms with Crippen LogP contribution in [0.5, 0.6) is 11.6 Å². The maximum absolute atomic E-state index is 14.1. The first-order valence-electron chi connectivity index (χ1n) is 10.8. The number of allylic oxidation sites excluding steroid dienone is 2. The van der Waals surface area contributed by atoms with E-state index in [1.165, 1.54) is 19.4 Å². The molecule has 3 heterocycles. The minimum Gasteiger partial charge on any atom is -0.480 e. The van der Waals surface area contributed by atoms with Crippen molar-refractivity contribution in [3.05, 3.63) is 77.0 Å². The van der Waals surface area contributed by atoms with Crippen LogP contribution in [0.3, 0.4) is 0 Å². The molecule has 2 aliphatic heterocycles. The molecule has 1 unspecified atom stereocenters. The van der Waals surface area contributed by atoms with Crippen molar-refractivity contribution in [2.75, 3.05) is 7.11 Å². The Morgan fingerprint density at radius 1 is 1.25 bits per heavy atom. The number of ether oxygens (including phenoxy) is 2. The number of carbonyl (C=O) groups is 1. The van der Waals surface area contributed by atoms with Crippen LogP contribution in [0.1, 0.15) is 34.3 Å². The van der Waals surface area contributed by atoms with Gasteiger partial charge < -0.3 is 20.5 Å². The number of alkyl halides is 3. The molecule has 2 aliphatic rings. The summed E-state index contributed by atoms with van der Waals surface area (Å²) in [4.78, 5) is 26.1. The summed E-state index contributed by atoms with van der Waals surface area (Å²) < 4.78 is 60.6. The predicted octanol–water partition coefficient (Wildman–Crippen LogP) is 3.82. The van der Waals surface area contributed by atoms with E-state index in [-0.39, 0.29) is 23.0 Å². The summed E-state index contributed by atoms with van der Waals surface area (Å²) in [6.07, 6.45) is 3.38. The van der Waals surface area contributed by atoms with Crippen LogP contribution in [0.25, 0.3) is 0 Å². The Hall–Kier alpha value is -4.22. The van der Waals surface area contributed by atoms with Gasteiger partial charge in [0.05, 0.1) is 24.6 Å². The number of fused-ring (bicyclic) bond motifs is 1. The average molecular weight is 503 g/mol. The first-order valence-corrected chi connectivity index (χ1v) is 10.8. The molecule has 0 saturated heterocycles. The van der Waals surface area contributed by atoms with Gasteiger partial charge in [0.1, 0.15) is 23.0 Å². The highest BCUT2D eigenvalue weighted by Crippen LogP contribution is 2.25. The van der Waals surface area contributed by atoms with Gasteiger partial charge in [-0.3, -0.25) is 9.79 Å². The fourth-order valence-electron chi connectivity index (χ4n) is 3.70. The van der Waals surface area contributed by atoms with Gasteiger partial charge in [0.25, 0.3) is 5.91 Å². The molecule has 0 spiro atoms. The molecule has 36 heavy (non-hydrogen) atoms. The van der Waals surface area contributed by atoms with Crippen molar-refractivity contribution in [3.8, 4) is 11.6 Å². The number of aliphatic imine (C=N–C) groups is 2. The topological polar surface area (TPSA) is 111 Å². The zero-order valence-corrected chi connectivity index (χ0v) is 19.0. The van der Waals surface area contributed by atoms with Gasteiger partial charge in [0.2, 0.25) is 5.88 Å². The molecule has 188 valence electrons. The van der Waals surface area contributed by atoms with Crippen LogP contribution in [0.15, 0.2) is 64.5 Å². The van der Waals surface area contributed by atoms with Crippen LogP contribution < -0.4 is 20.5 Å². The summed E-state index contributed by atoms with van der Waals surface area (Å²) in [6, 6.07) is 3.86. The molecule has 4 rings (SSSR count). The number of nitrogens with two attached hydrogens (primary N) is 1. The Balaban J connectivity index is 1.54. The number of rotatable bonds is 6. The van der Waals surface area contributed by atoms with Gasteiger partial charge in [-0.1, -0.05) is 0 Å². The van der Waals surface area contributed by atoms with Gasteiger partial charge in [0.15, 0.2) is 0 Å². The third-order valence-corrected chi connectivity index (χ3v) is 5.38. The Morgan fingerprint density at radius 3 is 2.81 bits per heavy atom. The molecule has 1 aromatic carbocycles. The number of halogens is 4. The van der Waals surface area contributed by atoms with E-state index in [2.05, 4.69) is 20.0 Å². The number of pyridine rings is 1. The molecule has 1 aromatic heterocycles. The fourth-order valence-corrected chi connectivity index (χ4v) is 3.70. The van der Waals surface area contributed by atoms with Crippen molar-refractivity contribution in [1.29, 1.82) is 0 Å². The molecule has 0 bridgehead atoms. The van der Waals surface area contributed by atoms with Crippen molar-refractivity contribution in [2.45, 2.75) is 31.8 Å². The molecule has 1 atom stereocenters. The highest BCUT2D eigenvalue weighted by Gasteiger charge is 2.31. The van der Waals surface area contributed by atoms with Crippen molar-refractivity contribution in [2.24, 2.45) is 15.7 Å². The third kappa shape index (κ3) is 5.88. The molecule has 8 nitrogen and oxygen atoms in total. The van der Waals surface area contributed by atoms with Crippen LogP contribution in [0, 0.1) is 5.82 Å². The number of hydrogen-bond donors (Lipinski definition) is 2. The fraction of sp³-hybridized carbons (Fsp3) is 0.250. The van der Waals surface area contributed by atoms with Crippen molar-refractivity contribution in [1.82, 2.24) is 10.3 Å². The SMILES string of the molecule is COc1ncc(C2=NC3CCC=C(N)N=C3C=C2)cc1C(=O)NCc1cc(OC(F)(F)F)ccc1F. The molecule has 12 heteroatoms. The predicted molar refractivity (Wildman–Crippen MR) is 123 cm³/mol. The molecule has 0 aliphatic carbocycles. The number of benzene rings is 1. The van der Waals surface area contributed by atoms with E-state index in [1.807, 2.05) is 12.2 Å². The minimum absolute atomic E-state index is 0.0138. The summed E-state index contributed by atoms with van der Waals surface area (Å²) in [5.74, 6) is -1.62. The average Bonchev–Trinajstić information content (AvgIpc) is 3.02. The van der Waals surface area contributed by atoms with Crippen LogP contribution in [-0.4, -0.2) is 41.8 Å². The van der Waals surface area contributed by atoms with E-state index < -0.39 is 30.4 Å². The second-order valence-electron chi connectivity index (χ2n) is 7.87. The Morgan fingerprint density at radius 2 is 2.06 bits per heavy atom. The number of nitrogens with one attached hydrogen (secondary N) is 1. The number of methoxy groups -OCH3 is 1. The monoisotopic (exact) mass is 503 g/mol. The maximum atomic E-state index is 14.1. The highest BCUT2D eigenvalue weighted by molar-refractivity contribution is 6.17. The van der Waals surface area contributed by atoms with Gasteiger partial charge in [0, 0.05) is 23.9 Å².